The zero-order valence-electron chi connectivity index (χ0n) is 11.7. The molecule has 18 heavy (non-hydrogen) atoms. The largest absolute Gasteiger partial charge is 0.399 e. The van der Waals surface area contributed by atoms with Crippen LogP contribution >= 0.6 is 0 Å². The third-order valence-corrected chi connectivity index (χ3v) is 4.21. The lowest BCUT2D eigenvalue weighted by Gasteiger charge is -2.39. The summed E-state index contributed by atoms with van der Waals surface area (Å²) in [6.45, 7) is 5.96. The molecule has 2 N–H and O–H groups in total. The molecule has 2 heteroatoms. The van der Waals surface area contributed by atoms with Crippen LogP contribution in [0.25, 0.3) is 0 Å². The number of nitrogen functional groups attached to an aromatic ring is 1. The van der Waals surface area contributed by atoms with Gasteiger partial charge in [-0.15, -0.1) is 0 Å². The van der Waals surface area contributed by atoms with Crippen molar-refractivity contribution in [2.45, 2.75) is 58.0 Å². The van der Waals surface area contributed by atoms with Crippen LogP contribution in [-0.4, -0.2) is 23.5 Å². The first-order valence-electron chi connectivity index (χ1n) is 7.27. The Kier molecular flexibility index (Phi) is 4.65. The first-order chi connectivity index (χ1) is 8.66. The minimum absolute atomic E-state index is 0.759. The molecular formula is C16H26N2. The molecule has 2 unspecified atom stereocenters. The fourth-order valence-corrected chi connectivity index (χ4v) is 3.13. The average Bonchev–Trinajstić information content (AvgIpc) is 2.33. The molecule has 1 aliphatic rings. The highest BCUT2D eigenvalue weighted by molar-refractivity contribution is 5.40. The van der Waals surface area contributed by atoms with Crippen molar-refractivity contribution in [3.8, 4) is 0 Å². The maximum Gasteiger partial charge on any atom is 0.0316 e. The number of hydrogen-bond donors (Lipinski definition) is 1. The molecule has 2 atom stereocenters. The Morgan fingerprint density at radius 3 is 2.61 bits per heavy atom. The van der Waals surface area contributed by atoms with Gasteiger partial charge in [-0.25, -0.2) is 0 Å². The molecule has 2 rings (SSSR count). The monoisotopic (exact) mass is 246 g/mol. The number of aryl methyl sites for hydroxylation is 1. The molecule has 100 valence electrons. The normalized spacial score (nSPS) is 25.2. The first-order valence-corrected chi connectivity index (χ1v) is 7.27. The van der Waals surface area contributed by atoms with Crippen molar-refractivity contribution in [3.63, 3.8) is 0 Å². The molecule has 1 saturated heterocycles. The summed E-state index contributed by atoms with van der Waals surface area (Å²) in [5.41, 5.74) is 8.06. The highest BCUT2D eigenvalue weighted by atomic mass is 15.2. The molecule has 0 spiro atoms. The second-order valence-electron chi connectivity index (χ2n) is 5.72. The lowest BCUT2D eigenvalue weighted by molar-refractivity contribution is 0.102. The van der Waals surface area contributed by atoms with Gasteiger partial charge in [-0.1, -0.05) is 18.6 Å². The molecule has 0 bridgehead atoms. The number of rotatable bonds is 4. The SMILES string of the molecule is CC1CCCC(C)N1CCCc1cccc(N)c1. The van der Waals surface area contributed by atoms with E-state index in [4.69, 9.17) is 5.73 Å². The summed E-state index contributed by atoms with van der Waals surface area (Å²) >= 11 is 0. The van der Waals surface area contributed by atoms with Gasteiger partial charge in [-0.3, -0.25) is 4.90 Å². The summed E-state index contributed by atoms with van der Waals surface area (Å²) < 4.78 is 0. The summed E-state index contributed by atoms with van der Waals surface area (Å²) in [7, 11) is 0. The van der Waals surface area contributed by atoms with E-state index in [0.29, 0.717) is 0 Å². The summed E-state index contributed by atoms with van der Waals surface area (Å²) in [5.74, 6) is 0. The van der Waals surface area contributed by atoms with Crippen LogP contribution in [0.1, 0.15) is 45.1 Å². The Labute approximate surface area is 111 Å². The van der Waals surface area contributed by atoms with Gasteiger partial charge < -0.3 is 5.73 Å². The summed E-state index contributed by atoms with van der Waals surface area (Å²) in [5, 5.41) is 0. The van der Waals surface area contributed by atoms with E-state index in [9.17, 15) is 0 Å². The number of likely N-dealkylation sites (tertiary alicyclic amines) is 1. The van der Waals surface area contributed by atoms with Gasteiger partial charge in [0.2, 0.25) is 0 Å². The van der Waals surface area contributed by atoms with Crippen molar-refractivity contribution in [2.75, 3.05) is 12.3 Å². The van der Waals surface area contributed by atoms with E-state index in [0.717, 1.165) is 24.2 Å². The van der Waals surface area contributed by atoms with E-state index in [-0.39, 0.29) is 0 Å². The van der Waals surface area contributed by atoms with Gasteiger partial charge in [-0.2, -0.15) is 0 Å². The Balaban J connectivity index is 1.81. The van der Waals surface area contributed by atoms with Crippen LogP contribution in [0.4, 0.5) is 5.69 Å². The maximum absolute atomic E-state index is 5.81. The van der Waals surface area contributed by atoms with Gasteiger partial charge in [0, 0.05) is 17.8 Å². The fourth-order valence-electron chi connectivity index (χ4n) is 3.13. The number of piperidine rings is 1. The smallest absolute Gasteiger partial charge is 0.0316 e. The highest BCUT2D eigenvalue weighted by Gasteiger charge is 2.23. The predicted octanol–water partition coefficient (Wildman–Crippen LogP) is 3.46. The quantitative estimate of drug-likeness (QED) is 0.824. The minimum Gasteiger partial charge on any atom is -0.399 e. The van der Waals surface area contributed by atoms with Crippen LogP contribution in [0.3, 0.4) is 0 Å². The Morgan fingerprint density at radius 1 is 1.22 bits per heavy atom. The zero-order valence-corrected chi connectivity index (χ0v) is 11.7. The summed E-state index contributed by atoms with van der Waals surface area (Å²) in [4.78, 5) is 2.68. The van der Waals surface area contributed by atoms with Gasteiger partial charge in [0.15, 0.2) is 0 Å². The number of hydrogen-bond acceptors (Lipinski definition) is 2. The minimum atomic E-state index is 0.759. The lowest BCUT2D eigenvalue weighted by atomic mass is 9.97. The molecule has 0 saturated carbocycles. The van der Waals surface area contributed by atoms with Crippen LogP contribution in [0.2, 0.25) is 0 Å². The molecule has 1 fully saturated rings. The summed E-state index contributed by atoms with van der Waals surface area (Å²) in [6.07, 6.45) is 6.50. The van der Waals surface area contributed by atoms with Crippen molar-refractivity contribution in [1.29, 1.82) is 0 Å². The van der Waals surface area contributed by atoms with Crippen LogP contribution in [0.5, 0.6) is 0 Å². The average molecular weight is 246 g/mol. The van der Waals surface area contributed by atoms with Gasteiger partial charge in [-0.05, 0) is 63.8 Å². The van der Waals surface area contributed by atoms with Gasteiger partial charge >= 0.3 is 0 Å². The lowest BCUT2D eigenvalue weighted by Crippen LogP contribution is -2.44. The van der Waals surface area contributed by atoms with E-state index in [1.165, 1.54) is 37.8 Å². The molecule has 2 nitrogen and oxygen atoms in total. The zero-order chi connectivity index (χ0) is 13.0. The first kappa shape index (κ1) is 13.4. The van der Waals surface area contributed by atoms with E-state index in [1.54, 1.807) is 0 Å². The Hall–Kier alpha value is -1.02. The van der Waals surface area contributed by atoms with Gasteiger partial charge in [0.05, 0.1) is 0 Å². The highest BCUT2D eigenvalue weighted by Crippen LogP contribution is 2.22. The summed E-state index contributed by atoms with van der Waals surface area (Å²) in [6, 6.07) is 9.81. The second kappa shape index (κ2) is 6.24. The van der Waals surface area contributed by atoms with Crippen molar-refractivity contribution < 1.29 is 0 Å². The Morgan fingerprint density at radius 2 is 1.94 bits per heavy atom. The van der Waals surface area contributed by atoms with Crippen LogP contribution in [0.15, 0.2) is 24.3 Å². The topological polar surface area (TPSA) is 29.3 Å². The van der Waals surface area contributed by atoms with Crippen LogP contribution in [0, 0.1) is 0 Å². The third-order valence-electron chi connectivity index (χ3n) is 4.21. The second-order valence-corrected chi connectivity index (χ2v) is 5.72. The van der Waals surface area contributed by atoms with Crippen molar-refractivity contribution in [1.82, 2.24) is 4.90 Å². The van der Waals surface area contributed by atoms with E-state index < -0.39 is 0 Å². The molecule has 0 amide bonds. The number of nitrogens with two attached hydrogens (primary N) is 1. The standard InChI is InChI=1S/C16H26N2/c1-13-6-3-7-14(2)18(13)11-5-9-15-8-4-10-16(17)12-15/h4,8,10,12-14H,3,5-7,9,11,17H2,1-2H3. The molecule has 0 aliphatic carbocycles. The van der Waals surface area contributed by atoms with E-state index >= 15 is 0 Å². The molecule has 1 aliphatic heterocycles. The van der Waals surface area contributed by atoms with E-state index in [1.807, 2.05) is 6.07 Å². The molecule has 1 aromatic carbocycles. The third kappa shape index (κ3) is 3.49. The number of nitrogens with zero attached hydrogens (tertiary/aromatic N) is 1. The molecule has 0 aromatic heterocycles. The fraction of sp³-hybridized carbons (Fsp3) is 0.625. The molecular weight excluding hydrogens is 220 g/mol. The van der Waals surface area contributed by atoms with Crippen molar-refractivity contribution >= 4 is 5.69 Å². The predicted molar refractivity (Wildman–Crippen MR) is 78.7 cm³/mol. The van der Waals surface area contributed by atoms with Crippen molar-refractivity contribution in [3.05, 3.63) is 29.8 Å². The van der Waals surface area contributed by atoms with Gasteiger partial charge in [0.1, 0.15) is 0 Å². The maximum atomic E-state index is 5.81. The molecule has 1 aromatic rings. The van der Waals surface area contributed by atoms with Gasteiger partial charge in [0.25, 0.3) is 0 Å². The molecule has 1 heterocycles. The van der Waals surface area contributed by atoms with E-state index in [2.05, 4.69) is 36.9 Å². The molecule has 0 radical (unpaired) electrons. The van der Waals surface area contributed by atoms with Crippen LogP contribution < -0.4 is 5.73 Å². The van der Waals surface area contributed by atoms with Crippen molar-refractivity contribution in [2.24, 2.45) is 0 Å². The Bertz CT molecular complexity index is 365. The number of benzene rings is 1. The van der Waals surface area contributed by atoms with Crippen LogP contribution in [-0.2, 0) is 6.42 Å². The number of anilines is 1.